The highest BCUT2D eigenvalue weighted by molar-refractivity contribution is 6.08. The van der Waals surface area contributed by atoms with Crippen LogP contribution in [0.1, 0.15) is 81.1 Å². The van der Waals surface area contributed by atoms with Crippen LogP contribution in [0.2, 0.25) is 0 Å². The van der Waals surface area contributed by atoms with Crippen molar-refractivity contribution in [2.75, 3.05) is 0 Å². The Morgan fingerprint density at radius 2 is 1.79 bits per heavy atom. The van der Waals surface area contributed by atoms with Gasteiger partial charge in [0.1, 0.15) is 11.4 Å². The maximum absolute atomic E-state index is 13.7. The molecule has 0 bridgehead atoms. The number of carboxylic acids is 1. The highest BCUT2D eigenvalue weighted by atomic mass is 16.4. The summed E-state index contributed by atoms with van der Waals surface area (Å²) < 4.78 is 0. The van der Waals surface area contributed by atoms with Crippen LogP contribution < -0.4 is 0 Å². The van der Waals surface area contributed by atoms with Gasteiger partial charge < -0.3 is 5.11 Å². The minimum atomic E-state index is -0.934. The number of aliphatic imine (C=N–C) groups is 1. The van der Waals surface area contributed by atoms with Crippen molar-refractivity contribution >= 4 is 17.7 Å². The fourth-order valence-corrected chi connectivity index (χ4v) is 5.28. The summed E-state index contributed by atoms with van der Waals surface area (Å²) in [6.45, 7) is 4.71. The molecule has 1 aliphatic carbocycles. The number of carbonyl (C=O) groups excluding carboxylic acids is 1. The molecule has 5 heteroatoms. The highest BCUT2D eigenvalue weighted by Crippen LogP contribution is 2.40. The Labute approximate surface area is 196 Å². The number of amides is 1. The van der Waals surface area contributed by atoms with Gasteiger partial charge in [0.2, 0.25) is 0 Å². The third-order valence-corrected chi connectivity index (χ3v) is 7.27. The molecule has 174 valence electrons. The zero-order valence-corrected chi connectivity index (χ0v) is 19.7. The highest BCUT2D eigenvalue weighted by Gasteiger charge is 2.49. The van der Waals surface area contributed by atoms with Crippen molar-refractivity contribution in [1.29, 1.82) is 0 Å². The average Bonchev–Trinajstić information content (AvgIpc) is 3.09. The van der Waals surface area contributed by atoms with Crippen LogP contribution in [-0.2, 0) is 11.3 Å². The normalized spacial score (nSPS) is 21.3. The van der Waals surface area contributed by atoms with Gasteiger partial charge in [-0.15, -0.1) is 0 Å². The molecule has 1 amide bonds. The molecular formula is C28H34N2O3. The lowest BCUT2D eigenvalue weighted by Crippen LogP contribution is -2.45. The molecule has 0 spiro atoms. The number of nitrogens with zero attached hydrogens (tertiary/aromatic N) is 2. The Balaban J connectivity index is 1.56. The summed E-state index contributed by atoms with van der Waals surface area (Å²) in [6, 6.07) is 14.9. The lowest BCUT2D eigenvalue weighted by Gasteiger charge is -2.33. The van der Waals surface area contributed by atoms with Crippen LogP contribution in [0.5, 0.6) is 0 Å². The van der Waals surface area contributed by atoms with E-state index in [9.17, 15) is 14.7 Å². The lowest BCUT2D eigenvalue weighted by molar-refractivity contribution is -0.133. The molecule has 0 unspecified atom stereocenters. The molecule has 0 radical (unpaired) electrons. The van der Waals surface area contributed by atoms with Gasteiger partial charge in [-0.1, -0.05) is 75.1 Å². The number of hydrogen-bond acceptors (Lipinski definition) is 3. The molecule has 0 saturated heterocycles. The fourth-order valence-electron chi connectivity index (χ4n) is 5.28. The summed E-state index contributed by atoms with van der Waals surface area (Å²) in [5.41, 5.74) is 2.23. The number of carbonyl (C=O) groups is 2. The van der Waals surface area contributed by atoms with Gasteiger partial charge in [0, 0.05) is 6.42 Å². The quantitative estimate of drug-likeness (QED) is 0.516. The minimum absolute atomic E-state index is 0.140. The molecule has 1 saturated carbocycles. The first-order valence-corrected chi connectivity index (χ1v) is 12.3. The number of unbranched alkanes of at least 4 members (excludes halogenated alkanes) is 1. The second-order valence-electron chi connectivity index (χ2n) is 9.55. The van der Waals surface area contributed by atoms with Crippen LogP contribution in [0.3, 0.4) is 0 Å². The van der Waals surface area contributed by atoms with Crippen LogP contribution in [0, 0.1) is 5.92 Å². The average molecular weight is 447 g/mol. The molecular weight excluding hydrogens is 412 g/mol. The second kappa shape index (κ2) is 9.90. The second-order valence-corrected chi connectivity index (χ2v) is 9.55. The SMILES string of the molecule is CCCCC1=N[C@](C)(C2CCCCC2)C(=O)N1Cc1ccc(-c2ccccc2C(=O)O)cc1. The fraction of sp³-hybridized carbons (Fsp3) is 0.464. The van der Waals surface area contributed by atoms with Gasteiger partial charge in [-0.2, -0.15) is 0 Å². The van der Waals surface area contributed by atoms with Crippen LogP contribution >= 0.6 is 0 Å². The van der Waals surface area contributed by atoms with Crippen LogP contribution in [-0.4, -0.2) is 33.3 Å². The molecule has 1 fully saturated rings. The van der Waals surface area contributed by atoms with Crippen molar-refractivity contribution in [2.45, 2.75) is 77.3 Å². The van der Waals surface area contributed by atoms with E-state index in [2.05, 4.69) is 6.92 Å². The van der Waals surface area contributed by atoms with E-state index in [0.29, 0.717) is 18.0 Å². The Hall–Kier alpha value is -2.95. The number of rotatable bonds is 8. The first-order chi connectivity index (χ1) is 15.9. The van der Waals surface area contributed by atoms with Gasteiger partial charge in [-0.05, 0) is 54.9 Å². The Morgan fingerprint density at radius 1 is 1.09 bits per heavy atom. The largest absolute Gasteiger partial charge is 0.478 e. The number of carboxylic acid groups (broad SMARTS) is 1. The number of benzene rings is 2. The molecule has 5 nitrogen and oxygen atoms in total. The topological polar surface area (TPSA) is 70.0 Å². The standard InChI is InChI=1S/C28H34N2O3/c1-3-4-14-25-29-28(2,22-10-6-5-7-11-22)27(33)30(25)19-20-15-17-21(18-16-20)23-12-8-9-13-24(23)26(31)32/h8-9,12-13,15-18,22H,3-7,10-11,14,19H2,1-2H3,(H,31,32)/t28-/m1/s1. The van der Waals surface area contributed by atoms with Gasteiger partial charge in [-0.3, -0.25) is 14.7 Å². The third-order valence-electron chi connectivity index (χ3n) is 7.27. The van der Waals surface area contributed by atoms with E-state index in [1.807, 2.05) is 48.2 Å². The summed E-state index contributed by atoms with van der Waals surface area (Å²) >= 11 is 0. The van der Waals surface area contributed by atoms with E-state index in [1.165, 1.54) is 19.3 Å². The van der Waals surface area contributed by atoms with Gasteiger partial charge in [0.25, 0.3) is 5.91 Å². The predicted molar refractivity (Wildman–Crippen MR) is 131 cm³/mol. The third kappa shape index (κ3) is 4.73. The van der Waals surface area contributed by atoms with E-state index >= 15 is 0 Å². The molecule has 2 aromatic rings. The Kier molecular flexibility index (Phi) is 6.96. The van der Waals surface area contributed by atoms with E-state index in [-0.39, 0.29) is 11.5 Å². The molecule has 1 aliphatic heterocycles. The van der Waals surface area contributed by atoms with Gasteiger partial charge in [-0.25, -0.2) is 4.79 Å². The maximum atomic E-state index is 13.7. The summed E-state index contributed by atoms with van der Waals surface area (Å²) in [7, 11) is 0. The summed E-state index contributed by atoms with van der Waals surface area (Å²) in [5.74, 6) is 0.461. The van der Waals surface area contributed by atoms with Gasteiger partial charge >= 0.3 is 5.97 Å². The number of hydrogen-bond donors (Lipinski definition) is 1. The molecule has 1 N–H and O–H groups in total. The minimum Gasteiger partial charge on any atom is -0.478 e. The summed E-state index contributed by atoms with van der Waals surface area (Å²) in [5, 5.41) is 9.50. The maximum Gasteiger partial charge on any atom is 0.336 e. The lowest BCUT2D eigenvalue weighted by atomic mass is 9.75. The monoisotopic (exact) mass is 446 g/mol. The van der Waals surface area contributed by atoms with E-state index in [1.54, 1.807) is 12.1 Å². The molecule has 1 atom stereocenters. The smallest absolute Gasteiger partial charge is 0.336 e. The van der Waals surface area contributed by atoms with Crippen molar-refractivity contribution in [2.24, 2.45) is 10.9 Å². The Bertz CT molecular complexity index is 1040. The van der Waals surface area contributed by atoms with Crippen LogP contribution in [0.4, 0.5) is 0 Å². The molecule has 4 rings (SSSR count). The molecule has 2 aromatic carbocycles. The molecule has 1 heterocycles. The van der Waals surface area contributed by atoms with Gasteiger partial charge in [0.05, 0.1) is 12.1 Å². The van der Waals surface area contributed by atoms with Crippen molar-refractivity contribution in [3.8, 4) is 11.1 Å². The first-order valence-electron chi connectivity index (χ1n) is 12.3. The van der Waals surface area contributed by atoms with Crippen molar-refractivity contribution in [3.63, 3.8) is 0 Å². The van der Waals surface area contributed by atoms with Crippen molar-refractivity contribution in [1.82, 2.24) is 4.90 Å². The summed E-state index contributed by atoms with van der Waals surface area (Å²) in [4.78, 5) is 32.2. The van der Waals surface area contributed by atoms with E-state index in [0.717, 1.165) is 49.1 Å². The summed E-state index contributed by atoms with van der Waals surface area (Å²) in [6.07, 6.45) is 8.71. The van der Waals surface area contributed by atoms with E-state index < -0.39 is 11.5 Å². The zero-order chi connectivity index (χ0) is 23.4. The van der Waals surface area contributed by atoms with E-state index in [4.69, 9.17) is 4.99 Å². The number of aromatic carboxylic acids is 1. The number of amidine groups is 1. The first kappa shape index (κ1) is 23.2. The van der Waals surface area contributed by atoms with Crippen LogP contribution in [0.15, 0.2) is 53.5 Å². The Morgan fingerprint density at radius 3 is 2.45 bits per heavy atom. The van der Waals surface area contributed by atoms with Crippen LogP contribution in [0.25, 0.3) is 11.1 Å². The molecule has 2 aliphatic rings. The van der Waals surface area contributed by atoms with Gasteiger partial charge in [0.15, 0.2) is 0 Å². The molecule has 33 heavy (non-hydrogen) atoms. The van der Waals surface area contributed by atoms with Crippen molar-refractivity contribution < 1.29 is 14.7 Å². The predicted octanol–water partition coefficient (Wildman–Crippen LogP) is 6.32. The zero-order valence-electron chi connectivity index (χ0n) is 19.7. The molecule has 0 aromatic heterocycles. The van der Waals surface area contributed by atoms with Crippen molar-refractivity contribution in [3.05, 3.63) is 59.7 Å².